The lowest BCUT2D eigenvalue weighted by Gasteiger charge is -2.26. The second kappa shape index (κ2) is 5.11. The van der Waals surface area contributed by atoms with Crippen molar-refractivity contribution in [1.29, 1.82) is 0 Å². The van der Waals surface area contributed by atoms with Gasteiger partial charge in [-0.1, -0.05) is 25.2 Å². The number of anilines is 1. The molecule has 1 aromatic heterocycles. The fourth-order valence-corrected chi connectivity index (χ4v) is 5.61. The molecule has 0 radical (unpaired) electrons. The van der Waals surface area contributed by atoms with E-state index in [4.69, 9.17) is 5.73 Å². The van der Waals surface area contributed by atoms with Gasteiger partial charge >= 0.3 is 0 Å². The molecule has 0 aliphatic heterocycles. The van der Waals surface area contributed by atoms with Gasteiger partial charge in [0.15, 0.2) is 10.9 Å². The second-order valence-electron chi connectivity index (χ2n) is 8.16. The highest BCUT2D eigenvalue weighted by molar-refractivity contribution is 7.17. The van der Waals surface area contributed by atoms with Crippen LogP contribution in [0.5, 0.6) is 0 Å². The minimum absolute atomic E-state index is 0.0116. The highest BCUT2D eigenvalue weighted by Crippen LogP contribution is 2.48. The number of nitrogens with zero attached hydrogens (tertiary/aromatic N) is 1. The SMILES string of the molecule is CC1(C)CC(=O)c2sc(NC(=O)C3C4CCC(C4)C3N)nc2C1. The van der Waals surface area contributed by atoms with Gasteiger partial charge in [-0.3, -0.25) is 9.59 Å². The van der Waals surface area contributed by atoms with E-state index in [9.17, 15) is 9.59 Å². The molecule has 4 atom stereocenters. The number of rotatable bonds is 2. The monoisotopic (exact) mass is 333 g/mol. The minimum Gasteiger partial charge on any atom is -0.327 e. The van der Waals surface area contributed by atoms with Gasteiger partial charge in [0.25, 0.3) is 0 Å². The Kier molecular flexibility index (Phi) is 3.39. The van der Waals surface area contributed by atoms with Gasteiger partial charge in [0.2, 0.25) is 5.91 Å². The molecule has 0 spiro atoms. The van der Waals surface area contributed by atoms with Crippen molar-refractivity contribution in [3.05, 3.63) is 10.6 Å². The maximum Gasteiger partial charge on any atom is 0.231 e. The lowest BCUT2D eigenvalue weighted by Crippen LogP contribution is -2.42. The fraction of sp³-hybridized carbons (Fsp3) is 0.706. The van der Waals surface area contributed by atoms with E-state index < -0.39 is 0 Å². The number of aromatic nitrogens is 1. The number of fused-ring (bicyclic) bond motifs is 3. The minimum atomic E-state index is -0.0955. The van der Waals surface area contributed by atoms with E-state index >= 15 is 0 Å². The Morgan fingerprint density at radius 1 is 1.30 bits per heavy atom. The first-order valence-corrected chi connectivity index (χ1v) is 9.25. The van der Waals surface area contributed by atoms with Crippen LogP contribution in [0.25, 0.3) is 0 Å². The van der Waals surface area contributed by atoms with Crippen LogP contribution in [0.15, 0.2) is 0 Å². The van der Waals surface area contributed by atoms with E-state index in [0.29, 0.717) is 23.4 Å². The maximum absolute atomic E-state index is 12.6. The number of carbonyl (C=O) groups excluding carboxylic acids is 2. The summed E-state index contributed by atoms with van der Waals surface area (Å²) < 4.78 is 0. The van der Waals surface area contributed by atoms with Crippen molar-refractivity contribution < 1.29 is 9.59 Å². The Hall–Kier alpha value is -1.27. The van der Waals surface area contributed by atoms with Crippen LogP contribution in [0.1, 0.15) is 54.9 Å². The smallest absolute Gasteiger partial charge is 0.231 e. The molecule has 124 valence electrons. The molecule has 1 heterocycles. The summed E-state index contributed by atoms with van der Waals surface area (Å²) in [5, 5.41) is 3.50. The lowest BCUT2D eigenvalue weighted by molar-refractivity contribution is -0.121. The molecule has 3 N–H and O–H groups in total. The zero-order chi connectivity index (χ0) is 16.4. The van der Waals surface area contributed by atoms with E-state index in [-0.39, 0.29) is 29.1 Å². The molecule has 3 aliphatic rings. The summed E-state index contributed by atoms with van der Waals surface area (Å²) in [5.74, 6) is 0.961. The number of ketones is 1. The molecule has 2 bridgehead atoms. The molecule has 0 saturated heterocycles. The first-order chi connectivity index (χ1) is 10.8. The van der Waals surface area contributed by atoms with Gasteiger partial charge in [-0.25, -0.2) is 4.98 Å². The van der Waals surface area contributed by atoms with Crippen molar-refractivity contribution in [2.75, 3.05) is 5.32 Å². The predicted molar refractivity (Wildman–Crippen MR) is 89.5 cm³/mol. The quantitative estimate of drug-likeness (QED) is 0.871. The largest absolute Gasteiger partial charge is 0.327 e. The normalized spacial score (nSPS) is 34.5. The highest BCUT2D eigenvalue weighted by Gasteiger charge is 2.49. The summed E-state index contributed by atoms with van der Waals surface area (Å²) in [6, 6.07) is -0.0242. The average molecular weight is 333 g/mol. The lowest BCUT2D eigenvalue weighted by atomic mass is 9.78. The summed E-state index contributed by atoms with van der Waals surface area (Å²) in [6.07, 6.45) is 4.68. The molecule has 5 nitrogen and oxygen atoms in total. The summed E-state index contributed by atoms with van der Waals surface area (Å²) >= 11 is 1.32. The number of hydrogen-bond acceptors (Lipinski definition) is 5. The van der Waals surface area contributed by atoms with Gasteiger partial charge in [0.1, 0.15) is 0 Å². The van der Waals surface area contributed by atoms with Gasteiger partial charge in [0, 0.05) is 12.5 Å². The van der Waals surface area contributed by atoms with Crippen molar-refractivity contribution in [1.82, 2.24) is 4.98 Å². The molecule has 1 amide bonds. The van der Waals surface area contributed by atoms with Crippen LogP contribution in [-0.2, 0) is 11.2 Å². The van der Waals surface area contributed by atoms with Crippen molar-refractivity contribution in [2.24, 2.45) is 28.9 Å². The zero-order valence-electron chi connectivity index (χ0n) is 13.6. The summed E-state index contributed by atoms with van der Waals surface area (Å²) in [6.45, 7) is 4.17. The summed E-state index contributed by atoms with van der Waals surface area (Å²) in [7, 11) is 0. The summed E-state index contributed by atoms with van der Waals surface area (Å²) in [4.78, 5) is 30.1. The van der Waals surface area contributed by atoms with Gasteiger partial charge in [-0.2, -0.15) is 0 Å². The maximum atomic E-state index is 12.6. The topological polar surface area (TPSA) is 85.1 Å². The third-order valence-corrected chi connectivity index (χ3v) is 6.80. The molecule has 6 heteroatoms. The summed E-state index contributed by atoms with van der Waals surface area (Å²) in [5.41, 5.74) is 7.03. The zero-order valence-corrected chi connectivity index (χ0v) is 14.4. The number of thiazole rings is 1. The molecular weight excluding hydrogens is 310 g/mol. The van der Waals surface area contributed by atoms with Crippen LogP contribution < -0.4 is 11.1 Å². The van der Waals surface area contributed by atoms with Crippen molar-refractivity contribution in [3.8, 4) is 0 Å². The van der Waals surface area contributed by atoms with Crippen molar-refractivity contribution in [3.63, 3.8) is 0 Å². The van der Waals surface area contributed by atoms with Gasteiger partial charge in [-0.05, 0) is 42.9 Å². The predicted octanol–water partition coefficient (Wildman–Crippen LogP) is 2.61. The third kappa shape index (κ3) is 2.52. The number of Topliss-reactive ketones (excluding diaryl/α,β-unsaturated/α-hetero) is 1. The third-order valence-electron chi connectivity index (χ3n) is 5.75. The second-order valence-corrected chi connectivity index (χ2v) is 9.16. The molecule has 4 unspecified atom stereocenters. The molecule has 23 heavy (non-hydrogen) atoms. The Labute approximate surface area is 140 Å². The Morgan fingerprint density at radius 3 is 2.74 bits per heavy atom. The van der Waals surface area contributed by atoms with E-state index in [0.717, 1.165) is 36.3 Å². The van der Waals surface area contributed by atoms with E-state index in [1.165, 1.54) is 11.3 Å². The Bertz CT molecular complexity index is 679. The number of carbonyl (C=O) groups is 2. The van der Waals surface area contributed by atoms with Gasteiger partial charge in [-0.15, -0.1) is 0 Å². The number of hydrogen-bond donors (Lipinski definition) is 2. The standard InChI is InChI=1S/C17H23N3O2S/c1-17(2)6-10-14(11(21)7-17)23-16(19-10)20-15(22)12-8-3-4-9(5-8)13(12)18/h8-9,12-13H,3-7,18H2,1-2H3,(H,19,20,22). The Balaban J connectivity index is 1.52. The molecular formula is C17H23N3O2S. The van der Waals surface area contributed by atoms with Crippen LogP contribution in [0.4, 0.5) is 5.13 Å². The molecule has 0 aromatic carbocycles. The van der Waals surface area contributed by atoms with Gasteiger partial charge < -0.3 is 11.1 Å². The first kappa shape index (κ1) is 15.3. The molecule has 4 rings (SSSR count). The number of nitrogens with two attached hydrogens (primary N) is 1. The molecule has 3 aliphatic carbocycles. The van der Waals surface area contributed by atoms with Crippen molar-refractivity contribution >= 4 is 28.2 Å². The van der Waals surface area contributed by atoms with Crippen LogP contribution in [-0.4, -0.2) is 22.7 Å². The fourth-order valence-electron chi connectivity index (χ4n) is 4.69. The number of amides is 1. The van der Waals surface area contributed by atoms with Crippen LogP contribution in [0.2, 0.25) is 0 Å². The van der Waals surface area contributed by atoms with Crippen LogP contribution in [0, 0.1) is 23.2 Å². The van der Waals surface area contributed by atoms with Gasteiger partial charge in [0.05, 0.1) is 16.5 Å². The molecule has 2 saturated carbocycles. The first-order valence-electron chi connectivity index (χ1n) is 8.43. The van der Waals surface area contributed by atoms with Crippen LogP contribution >= 0.6 is 11.3 Å². The highest BCUT2D eigenvalue weighted by atomic mass is 32.1. The van der Waals surface area contributed by atoms with E-state index in [1.54, 1.807) is 0 Å². The molecule has 2 fully saturated rings. The van der Waals surface area contributed by atoms with Crippen LogP contribution in [0.3, 0.4) is 0 Å². The average Bonchev–Trinajstić information content (AvgIpc) is 3.11. The van der Waals surface area contributed by atoms with E-state index in [1.807, 2.05) is 0 Å². The number of nitrogens with one attached hydrogen (secondary N) is 1. The Morgan fingerprint density at radius 2 is 2.04 bits per heavy atom. The van der Waals surface area contributed by atoms with Crippen molar-refractivity contribution in [2.45, 2.75) is 52.0 Å². The van der Waals surface area contributed by atoms with E-state index in [2.05, 4.69) is 24.1 Å². The molecule has 1 aromatic rings.